The summed E-state index contributed by atoms with van der Waals surface area (Å²) in [5, 5.41) is 8.86. The molecule has 1 N–H and O–H groups in total. The molecule has 0 aromatic carbocycles. The lowest BCUT2D eigenvalue weighted by Gasteiger charge is -2.18. The van der Waals surface area contributed by atoms with Crippen molar-refractivity contribution in [3.05, 3.63) is 11.1 Å². The molecule has 0 amide bonds. The molecule has 2 nitrogen and oxygen atoms in total. The molecule has 0 aromatic heterocycles. The Balaban J connectivity index is 3.04. The Morgan fingerprint density at radius 1 is 1.55 bits per heavy atom. The fourth-order valence-corrected chi connectivity index (χ4v) is 1.80. The standard InChI is InChI=1S/C9H14O2/c1-6-4-5-9(2,3)7(6)8(10)11/h4-5H2,1-3H3,(H,10,11). The number of rotatable bonds is 1. The molecule has 0 saturated heterocycles. The van der Waals surface area contributed by atoms with Crippen LogP contribution in [0.25, 0.3) is 0 Å². The molecule has 0 atom stereocenters. The monoisotopic (exact) mass is 154 g/mol. The Morgan fingerprint density at radius 3 is 2.27 bits per heavy atom. The maximum Gasteiger partial charge on any atom is 0.332 e. The average Bonchev–Trinajstić information content (AvgIpc) is 2.06. The Bertz CT molecular complexity index is 224. The third-order valence-electron chi connectivity index (χ3n) is 2.44. The highest BCUT2D eigenvalue weighted by molar-refractivity contribution is 5.89. The van der Waals surface area contributed by atoms with E-state index in [1.807, 2.05) is 20.8 Å². The van der Waals surface area contributed by atoms with Gasteiger partial charge in [-0.1, -0.05) is 19.4 Å². The van der Waals surface area contributed by atoms with Crippen molar-refractivity contribution in [2.45, 2.75) is 33.6 Å². The molecule has 62 valence electrons. The quantitative estimate of drug-likeness (QED) is 0.628. The third kappa shape index (κ3) is 1.30. The molecule has 0 radical (unpaired) electrons. The first-order chi connectivity index (χ1) is 4.95. The Morgan fingerprint density at radius 2 is 2.09 bits per heavy atom. The van der Waals surface area contributed by atoms with Crippen LogP contribution in [0.4, 0.5) is 0 Å². The van der Waals surface area contributed by atoms with E-state index < -0.39 is 5.97 Å². The van der Waals surface area contributed by atoms with Crippen LogP contribution in [0.1, 0.15) is 33.6 Å². The van der Waals surface area contributed by atoms with Gasteiger partial charge in [-0.15, -0.1) is 0 Å². The molecule has 1 aliphatic rings. The second kappa shape index (κ2) is 2.36. The van der Waals surface area contributed by atoms with Crippen LogP contribution < -0.4 is 0 Å². The van der Waals surface area contributed by atoms with Crippen molar-refractivity contribution in [3.8, 4) is 0 Å². The second-order valence-corrected chi connectivity index (χ2v) is 3.84. The van der Waals surface area contributed by atoms with Gasteiger partial charge < -0.3 is 5.11 Å². The number of allylic oxidation sites excluding steroid dienone is 1. The van der Waals surface area contributed by atoms with Gasteiger partial charge in [0.1, 0.15) is 0 Å². The van der Waals surface area contributed by atoms with Crippen molar-refractivity contribution < 1.29 is 9.90 Å². The number of carboxylic acid groups (broad SMARTS) is 1. The maximum absolute atomic E-state index is 10.8. The van der Waals surface area contributed by atoms with E-state index in [0.29, 0.717) is 5.57 Å². The van der Waals surface area contributed by atoms with E-state index >= 15 is 0 Å². The zero-order chi connectivity index (χ0) is 8.65. The van der Waals surface area contributed by atoms with E-state index in [2.05, 4.69) is 0 Å². The minimum absolute atomic E-state index is 0.115. The Labute approximate surface area is 66.9 Å². The molecule has 1 aliphatic carbocycles. The van der Waals surface area contributed by atoms with Gasteiger partial charge >= 0.3 is 5.97 Å². The first-order valence-electron chi connectivity index (χ1n) is 3.88. The highest BCUT2D eigenvalue weighted by Crippen LogP contribution is 2.41. The van der Waals surface area contributed by atoms with Crippen LogP contribution >= 0.6 is 0 Å². The van der Waals surface area contributed by atoms with E-state index in [-0.39, 0.29) is 5.41 Å². The van der Waals surface area contributed by atoms with Crippen molar-refractivity contribution in [2.75, 3.05) is 0 Å². The highest BCUT2D eigenvalue weighted by Gasteiger charge is 2.34. The van der Waals surface area contributed by atoms with Gasteiger partial charge in [-0.2, -0.15) is 0 Å². The summed E-state index contributed by atoms with van der Waals surface area (Å²) >= 11 is 0. The van der Waals surface area contributed by atoms with Gasteiger partial charge in [0.05, 0.1) is 0 Å². The van der Waals surface area contributed by atoms with Gasteiger partial charge in [0.2, 0.25) is 0 Å². The smallest absolute Gasteiger partial charge is 0.332 e. The summed E-state index contributed by atoms with van der Waals surface area (Å²) < 4.78 is 0. The van der Waals surface area contributed by atoms with Crippen LogP contribution in [0.2, 0.25) is 0 Å². The van der Waals surface area contributed by atoms with Gasteiger partial charge in [-0.05, 0) is 25.2 Å². The van der Waals surface area contributed by atoms with Crippen LogP contribution in [-0.4, -0.2) is 11.1 Å². The van der Waals surface area contributed by atoms with Gasteiger partial charge in [0.25, 0.3) is 0 Å². The molecule has 0 bridgehead atoms. The van der Waals surface area contributed by atoms with Gasteiger partial charge in [-0.25, -0.2) is 4.79 Å². The number of carboxylic acids is 1. The fraction of sp³-hybridized carbons (Fsp3) is 0.667. The molecule has 0 spiro atoms. The second-order valence-electron chi connectivity index (χ2n) is 3.84. The lowest BCUT2D eigenvalue weighted by molar-refractivity contribution is -0.133. The largest absolute Gasteiger partial charge is 0.478 e. The van der Waals surface area contributed by atoms with Gasteiger partial charge in [0, 0.05) is 5.57 Å². The Hall–Kier alpha value is -0.790. The van der Waals surface area contributed by atoms with Crippen LogP contribution in [-0.2, 0) is 4.79 Å². The van der Waals surface area contributed by atoms with Crippen molar-refractivity contribution in [2.24, 2.45) is 5.41 Å². The number of aliphatic carboxylic acids is 1. The minimum atomic E-state index is -0.745. The minimum Gasteiger partial charge on any atom is -0.478 e. The zero-order valence-electron chi connectivity index (χ0n) is 7.27. The zero-order valence-corrected chi connectivity index (χ0v) is 7.27. The predicted octanol–water partition coefficient (Wildman–Crippen LogP) is 2.21. The predicted molar refractivity (Wildman–Crippen MR) is 43.4 cm³/mol. The molecule has 0 aliphatic heterocycles. The van der Waals surface area contributed by atoms with Crippen molar-refractivity contribution in [1.82, 2.24) is 0 Å². The fourth-order valence-electron chi connectivity index (χ4n) is 1.80. The van der Waals surface area contributed by atoms with E-state index in [0.717, 1.165) is 18.4 Å². The molecule has 0 saturated carbocycles. The topological polar surface area (TPSA) is 37.3 Å². The average molecular weight is 154 g/mol. The molecular formula is C9H14O2. The van der Waals surface area contributed by atoms with Crippen LogP contribution in [0, 0.1) is 5.41 Å². The summed E-state index contributed by atoms with van der Waals surface area (Å²) in [5.74, 6) is -0.745. The van der Waals surface area contributed by atoms with Crippen molar-refractivity contribution >= 4 is 5.97 Å². The summed E-state index contributed by atoms with van der Waals surface area (Å²) in [7, 11) is 0. The molecule has 11 heavy (non-hydrogen) atoms. The van der Waals surface area contributed by atoms with E-state index in [4.69, 9.17) is 5.11 Å². The van der Waals surface area contributed by atoms with Crippen molar-refractivity contribution in [1.29, 1.82) is 0 Å². The first-order valence-corrected chi connectivity index (χ1v) is 3.88. The van der Waals surface area contributed by atoms with Crippen LogP contribution in [0.5, 0.6) is 0 Å². The molecule has 0 aromatic rings. The summed E-state index contributed by atoms with van der Waals surface area (Å²) in [5.41, 5.74) is 1.55. The molecule has 0 fully saturated rings. The molecular weight excluding hydrogens is 140 g/mol. The first kappa shape index (κ1) is 8.31. The lowest BCUT2D eigenvalue weighted by atomic mass is 9.85. The lowest BCUT2D eigenvalue weighted by Crippen LogP contribution is -2.17. The summed E-state index contributed by atoms with van der Waals surface area (Å²) in [6.07, 6.45) is 1.91. The highest BCUT2D eigenvalue weighted by atomic mass is 16.4. The van der Waals surface area contributed by atoms with Crippen LogP contribution in [0.3, 0.4) is 0 Å². The normalized spacial score (nSPS) is 22.5. The molecule has 0 unspecified atom stereocenters. The summed E-state index contributed by atoms with van der Waals surface area (Å²) in [6, 6.07) is 0. The Kier molecular flexibility index (Phi) is 1.78. The third-order valence-corrected chi connectivity index (χ3v) is 2.44. The van der Waals surface area contributed by atoms with Crippen molar-refractivity contribution in [3.63, 3.8) is 0 Å². The van der Waals surface area contributed by atoms with Crippen LogP contribution in [0.15, 0.2) is 11.1 Å². The van der Waals surface area contributed by atoms with E-state index in [9.17, 15) is 4.79 Å². The van der Waals surface area contributed by atoms with Gasteiger partial charge in [0.15, 0.2) is 0 Å². The van der Waals surface area contributed by atoms with E-state index in [1.54, 1.807) is 0 Å². The maximum atomic E-state index is 10.8. The molecule has 1 rings (SSSR count). The molecule has 0 heterocycles. The SMILES string of the molecule is CC1=C(C(=O)O)C(C)(C)CC1. The molecule has 2 heteroatoms. The summed E-state index contributed by atoms with van der Waals surface area (Å²) in [6.45, 7) is 5.90. The number of hydrogen-bond donors (Lipinski definition) is 1. The number of carbonyl (C=O) groups is 1. The summed E-state index contributed by atoms with van der Waals surface area (Å²) in [4.78, 5) is 10.8. The van der Waals surface area contributed by atoms with E-state index in [1.165, 1.54) is 0 Å². The number of hydrogen-bond acceptors (Lipinski definition) is 1. The van der Waals surface area contributed by atoms with Gasteiger partial charge in [-0.3, -0.25) is 0 Å².